The van der Waals surface area contributed by atoms with Crippen LogP contribution < -0.4 is 4.72 Å². The van der Waals surface area contributed by atoms with E-state index in [-0.39, 0.29) is 4.90 Å². The van der Waals surface area contributed by atoms with Crippen molar-refractivity contribution < 1.29 is 8.42 Å². The van der Waals surface area contributed by atoms with Crippen molar-refractivity contribution in [3.05, 3.63) is 48.5 Å². The minimum absolute atomic E-state index is 0.0528. The molecule has 0 unspecified atom stereocenters. The first kappa shape index (κ1) is 14.3. The molecule has 114 valence electrons. The largest absolute Gasteiger partial charge is 0.266 e. The van der Waals surface area contributed by atoms with Crippen LogP contribution in [-0.2, 0) is 17.1 Å². The lowest BCUT2D eigenvalue weighted by Crippen LogP contribution is -2.14. The number of aryl methyl sites for hydroxylation is 2. The highest BCUT2D eigenvalue weighted by Gasteiger charge is 2.19. The molecule has 3 heterocycles. The minimum atomic E-state index is -3.73. The third-order valence-corrected chi connectivity index (χ3v) is 4.30. The highest BCUT2D eigenvalue weighted by Crippen LogP contribution is 2.16. The fourth-order valence-corrected chi connectivity index (χ4v) is 2.97. The van der Waals surface area contributed by atoms with Gasteiger partial charge in [0.2, 0.25) is 0 Å². The molecule has 0 fully saturated rings. The molecule has 0 spiro atoms. The van der Waals surface area contributed by atoms with E-state index >= 15 is 0 Å². The Morgan fingerprint density at radius 3 is 2.73 bits per heavy atom. The molecule has 0 radical (unpaired) electrons. The SMILES string of the molecule is Cc1cc(NS(=O)(=O)c2cnn(-c3ccccn3)c2)n(C)n1. The Morgan fingerprint density at radius 2 is 2.09 bits per heavy atom. The van der Waals surface area contributed by atoms with Crippen molar-refractivity contribution >= 4 is 15.8 Å². The fraction of sp³-hybridized carbons (Fsp3) is 0.154. The van der Waals surface area contributed by atoms with Gasteiger partial charge in [-0.25, -0.2) is 18.1 Å². The molecule has 0 amide bonds. The second-order valence-electron chi connectivity index (χ2n) is 4.71. The maximum atomic E-state index is 12.4. The Morgan fingerprint density at radius 1 is 1.27 bits per heavy atom. The first-order valence-corrected chi connectivity index (χ1v) is 7.93. The first-order chi connectivity index (χ1) is 10.5. The molecule has 8 nitrogen and oxygen atoms in total. The Hall–Kier alpha value is -2.68. The van der Waals surface area contributed by atoms with E-state index in [9.17, 15) is 8.42 Å². The van der Waals surface area contributed by atoms with Crippen molar-refractivity contribution in [2.24, 2.45) is 7.05 Å². The molecule has 0 aromatic carbocycles. The topological polar surface area (TPSA) is 94.7 Å². The normalized spacial score (nSPS) is 11.5. The van der Waals surface area contributed by atoms with Gasteiger partial charge in [-0.2, -0.15) is 10.2 Å². The summed E-state index contributed by atoms with van der Waals surface area (Å²) in [6.07, 6.45) is 4.30. The number of aromatic nitrogens is 5. The molecule has 3 aromatic heterocycles. The molecule has 1 N–H and O–H groups in total. The number of pyridine rings is 1. The summed E-state index contributed by atoms with van der Waals surface area (Å²) >= 11 is 0. The van der Waals surface area contributed by atoms with Crippen molar-refractivity contribution in [1.29, 1.82) is 0 Å². The maximum absolute atomic E-state index is 12.4. The number of hydrogen-bond acceptors (Lipinski definition) is 5. The van der Waals surface area contributed by atoms with Gasteiger partial charge in [-0.3, -0.25) is 9.40 Å². The number of nitrogens with zero attached hydrogens (tertiary/aromatic N) is 5. The number of rotatable bonds is 4. The predicted octanol–water partition coefficient (Wildman–Crippen LogP) is 1.11. The molecule has 3 aromatic rings. The third-order valence-electron chi connectivity index (χ3n) is 2.99. The zero-order valence-corrected chi connectivity index (χ0v) is 12.8. The van der Waals surface area contributed by atoms with Crippen LogP contribution in [0.5, 0.6) is 0 Å². The lowest BCUT2D eigenvalue weighted by molar-refractivity contribution is 0.600. The van der Waals surface area contributed by atoms with Crippen molar-refractivity contribution in [2.75, 3.05) is 4.72 Å². The highest BCUT2D eigenvalue weighted by molar-refractivity contribution is 7.92. The van der Waals surface area contributed by atoms with Gasteiger partial charge in [0.25, 0.3) is 10.0 Å². The summed E-state index contributed by atoms with van der Waals surface area (Å²) < 4.78 is 30.1. The van der Waals surface area contributed by atoms with Crippen LogP contribution >= 0.6 is 0 Å². The number of hydrogen-bond donors (Lipinski definition) is 1. The van der Waals surface area contributed by atoms with E-state index in [4.69, 9.17) is 0 Å². The number of sulfonamides is 1. The molecule has 0 aliphatic heterocycles. The number of nitrogens with one attached hydrogen (secondary N) is 1. The Labute approximate surface area is 127 Å². The van der Waals surface area contributed by atoms with Gasteiger partial charge in [-0.1, -0.05) is 6.07 Å². The van der Waals surface area contributed by atoms with Crippen molar-refractivity contribution in [1.82, 2.24) is 24.5 Å². The van der Waals surface area contributed by atoms with Gasteiger partial charge >= 0.3 is 0 Å². The van der Waals surface area contributed by atoms with E-state index in [2.05, 4.69) is 19.9 Å². The van der Waals surface area contributed by atoms with E-state index in [0.717, 1.165) is 5.69 Å². The molecule has 0 saturated heterocycles. The summed E-state index contributed by atoms with van der Waals surface area (Å²) in [7, 11) is -2.06. The van der Waals surface area contributed by atoms with Gasteiger partial charge in [0.05, 0.1) is 18.1 Å². The lowest BCUT2D eigenvalue weighted by Gasteiger charge is -2.05. The van der Waals surface area contributed by atoms with Gasteiger partial charge in [0.1, 0.15) is 10.7 Å². The molecule has 0 aliphatic carbocycles. The molecule has 0 atom stereocenters. The van der Waals surface area contributed by atoms with E-state index in [0.29, 0.717) is 11.6 Å². The van der Waals surface area contributed by atoms with Crippen LogP contribution in [0.3, 0.4) is 0 Å². The Balaban J connectivity index is 1.90. The smallest absolute Gasteiger partial charge is 0.263 e. The van der Waals surface area contributed by atoms with E-state index in [1.54, 1.807) is 44.4 Å². The van der Waals surface area contributed by atoms with Crippen molar-refractivity contribution in [3.63, 3.8) is 0 Å². The van der Waals surface area contributed by atoms with E-state index in [1.807, 2.05) is 0 Å². The summed E-state index contributed by atoms with van der Waals surface area (Å²) in [6, 6.07) is 6.97. The van der Waals surface area contributed by atoms with Crippen LogP contribution in [0, 0.1) is 6.92 Å². The second-order valence-corrected chi connectivity index (χ2v) is 6.39. The van der Waals surface area contributed by atoms with Crippen LogP contribution in [0.15, 0.2) is 47.8 Å². The summed E-state index contributed by atoms with van der Waals surface area (Å²) in [6.45, 7) is 1.79. The monoisotopic (exact) mass is 318 g/mol. The zero-order valence-electron chi connectivity index (χ0n) is 12.0. The van der Waals surface area contributed by atoms with E-state index < -0.39 is 10.0 Å². The lowest BCUT2D eigenvalue weighted by atomic mass is 10.5. The van der Waals surface area contributed by atoms with Crippen LogP contribution in [0.1, 0.15) is 5.69 Å². The first-order valence-electron chi connectivity index (χ1n) is 6.45. The van der Waals surface area contributed by atoms with Crippen molar-refractivity contribution in [2.45, 2.75) is 11.8 Å². The molecule has 0 aliphatic rings. The maximum Gasteiger partial charge on any atom is 0.266 e. The molecular formula is C13H14N6O2S. The van der Waals surface area contributed by atoms with Crippen LogP contribution in [-0.4, -0.2) is 33.0 Å². The number of anilines is 1. The average Bonchev–Trinajstić information content (AvgIpc) is 3.08. The molecule has 0 saturated carbocycles. The van der Waals surface area contributed by atoms with Gasteiger partial charge in [-0.05, 0) is 19.1 Å². The summed E-state index contributed by atoms with van der Waals surface area (Å²) in [5.74, 6) is 0.934. The molecular weight excluding hydrogens is 304 g/mol. The minimum Gasteiger partial charge on any atom is -0.263 e. The highest BCUT2D eigenvalue weighted by atomic mass is 32.2. The second kappa shape index (κ2) is 5.26. The van der Waals surface area contributed by atoms with Gasteiger partial charge in [-0.15, -0.1) is 0 Å². The van der Waals surface area contributed by atoms with Crippen LogP contribution in [0.25, 0.3) is 5.82 Å². The van der Waals surface area contributed by atoms with Crippen LogP contribution in [0.2, 0.25) is 0 Å². The zero-order chi connectivity index (χ0) is 15.7. The Kier molecular flexibility index (Phi) is 3.41. The van der Waals surface area contributed by atoms with E-state index in [1.165, 1.54) is 21.8 Å². The quantitative estimate of drug-likeness (QED) is 0.777. The van der Waals surface area contributed by atoms with Gasteiger partial charge in [0, 0.05) is 19.3 Å². The van der Waals surface area contributed by atoms with Gasteiger partial charge < -0.3 is 0 Å². The Bertz CT molecular complexity index is 898. The predicted molar refractivity (Wildman–Crippen MR) is 80.1 cm³/mol. The summed E-state index contributed by atoms with van der Waals surface area (Å²) in [5, 5.41) is 8.14. The van der Waals surface area contributed by atoms with Crippen molar-refractivity contribution in [3.8, 4) is 5.82 Å². The molecule has 9 heteroatoms. The molecule has 0 bridgehead atoms. The van der Waals surface area contributed by atoms with Gasteiger partial charge in [0.15, 0.2) is 5.82 Å². The average molecular weight is 318 g/mol. The third kappa shape index (κ3) is 2.70. The molecule has 3 rings (SSSR count). The van der Waals surface area contributed by atoms with Crippen LogP contribution in [0.4, 0.5) is 5.82 Å². The standard InChI is InChI=1S/C13H14N6O2S/c1-10-7-13(18(2)16-10)17-22(20,21)11-8-15-19(9-11)12-5-3-4-6-14-12/h3-9,17H,1-2H3. The summed E-state index contributed by atoms with van der Waals surface area (Å²) in [4.78, 5) is 4.17. The fourth-order valence-electron chi connectivity index (χ4n) is 1.96. The summed E-state index contributed by atoms with van der Waals surface area (Å²) in [5.41, 5.74) is 0.726. The molecule has 22 heavy (non-hydrogen) atoms.